The van der Waals surface area contributed by atoms with Gasteiger partial charge < -0.3 is 15.1 Å². The number of aromatic nitrogens is 1. The second-order valence-corrected chi connectivity index (χ2v) is 7.60. The lowest BCUT2D eigenvalue weighted by molar-refractivity contribution is -0.00401. The van der Waals surface area contributed by atoms with Crippen LogP contribution in [0.4, 0.5) is 4.39 Å². The third-order valence-electron chi connectivity index (χ3n) is 5.11. The van der Waals surface area contributed by atoms with Crippen molar-refractivity contribution >= 4 is 5.91 Å². The number of carbonyl (C=O) groups excluding carboxylic acids is 1. The molecule has 2 aromatic rings. The van der Waals surface area contributed by atoms with Crippen LogP contribution in [0.2, 0.25) is 0 Å². The molecule has 28 heavy (non-hydrogen) atoms. The molecule has 0 spiro atoms. The van der Waals surface area contributed by atoms with Crippen LogP contribution in [-0.4, -0.2) is 63.2 Å². The van der Waals surface area contributed by atoms with Gasteiger partial charge in [-0.1, -0.05) is 12.1 Å². The first-order valence-electron chi connectivity index (χ1n) is 9.43. The zero-order chi connectivity index (χ0) is 20.1. The monoisotopic (exact) mass is 387 g/mol. The van der Waals surface area contributed by atoms with Gasteiger partial charge in [0.05, 0.1) is 17.4 Å². The molecule has 2 N–H and O–H groups in total. The van der Waals surface area contributed by atoms with Gasteiger partial charge in [-0.05, 0) is 50.1 Å². The lowest BCUT2D eigenvalue weighted by atomic mass is 9.94. The fraction of sp³-hybridized carbons (Fsp3) is 0.429. The van der Waals surface area contributed by atoms with Gasteiger partial charge in [0, 0.05) is 32.4 Å². The highest BCUT2D eigenvalue weighted by atomic mass is 19.1. The Morgan fingerprint density at radius 1 is 1.25 bits per heavy atom. The van der Waals surface area contributed by atoms with Gasteiger partial charge >= 0.3 is 0 Å². The number of aromatic hydroxyl groups is 1. The van der Waals surface area contributed by atoms with Crippen molar-refractivity contribution in [2.24, 2.45) is 0 Å². The highest BCUT2D eigenvalue weighted by Gasteiger charge is 2.33. The summed E-state index contributed by atoms with van der Waals surface area (Å²) in [4.78, 5) is 20.2. The van der Waals surface area contributed by atoms with Crippen LogP contribution in [0.25, 0.3) is 0 Å². The lowest BCUT2D eigenvalue weighted by Crippen LogP contribution is -2.42. The molecule has 1 amide bonds. The van der Waals surface area contributed by atoms with Crippen molar-refractivity contribution in [2.45, 2.75) is 31.4 Å². The van der Waals surface area contributed by atoms with E-state index in [1.54, 1.807) is 17.0 Å². The van der Waals surface area contributed by atoms with Crippen molar-refractivity contribution in [1.29, 1.82) is 0 Å². The van der Waals surface area contributed by atoms with E-state index in [4.69, 9.17) is 0 Å². The van der Waals surface area contributed by atoms with E-state index < -0.39 is 5.60 Å². The Bertz CT molecular complexity index is 815. The molecule has 0 aliphatic carbocycles. The number of rotatable bonds is 5. The fourth-order valence-corrected chi connectivity index (χ4v) is 3.73. The van der Waals surface area contributed by atoms with E-state index in [2.05, 4.69) is 4.98 Å². The number of carbonyl (C=O) groups is 1. The predicted octanol–water partition coefficient (Wildman–Crippen LogP) is 2.42. The van der Waals surface area contributed by atoms with E-state index in [1.165, 1.54) is 30.6 Å². The Morgan fingerprint density at radius 2 is 2.00 bits per heavy atom. The van der Waals surface area contributed by atoms with Crippen molar-refractivity contribution in [3.05, 3.63) is 59.7 Å². The summed E-state index contributed by atoms with van der Waals surface area (Å²) in [5.41, 5.74) is 0.439. The van der Waals surface area contributed by atoms with Crippen LogP contribution < -0.4 is 0 Å². The molecule has 2 heterocycles. The van der Waals surface area contributed by atoms with E-state index >= 15 is 0 Å². The van der Waals surface area contributed by atoms with Gasteiger partial charge in [0.1, 0.15) is 11.6 Å². The molecule has 1 fully saturated rings. The molecule has 0 saturated carbocycles. The molecular weight excluding hydrogens is 361 g/mol. The van der Waals surface area contributed by atoms with Gasteiger partial charge in [-0.15, -0.1) is 0 Å². The van der Waals surface area contributed by atoms with Crippen LogP contribution in [-0.2, 0) is 6.54 Å². The number of benzene rings is 1. The summed E-state index contributed by atoms with van der Waals surface area (Å²) < 4.78 is 13.0. The summed E-state index contributed by atoms with van der Waals surface area (Å²) in [6, 6.07) is 7.76. The highest BCUT2D eigenvalue weighted by molar-refractivity contribution is 5.94. The molecule has 150 valence electrons. The van der Waals surface area contributed by atoms with E-state index in [9.17, 15) is 19.4 Å². The SMILES string of the molecule is CN(Cc1ccc(F)cc1)CC1(O)CCCN(C(=O)c2cncc(O)c2)CC1. The summed E-state index contributed by atoms with van der Waals surface area (Å²) in [5.74, 6) is -0.493. The smallest absolute Gasteiger partial charge is 0.255 e. The Kier molecular flexibility index (Phi) is 6.26. The maximum Gasteiger partial charge on any atom is 0.255 e. The van der Waals surface area contributed by atoms with Gasteiger partial charge in [0.2, 0.25) is 0 Å². The lowest BCUT2D eigenvalue weighted by Gasteiger charge is -2.31. The second-order valence-electron chi connectivity index (χ2n) is 7.60. The maximum atomic E-state index is 13.0. The highest BCUT2D eigenvalue weighted by Crippen LogP contribution is 2.25. The molecule has 0 bridgehead atoms. The number of likely N-dealkylation sites (tertiary alicyclic amines) is 1. The van der Waals surface area contributed by atoms with Crippen LogP contribution in [0.3, 0.4) is 0 Å². The molecule has 0 radical (unpaired) electrons. The molecule has 1 unspecified atom stereocenters. The van der Waals surface area contributed by atoms with E-state index in [1.807, 2.05) is 11.9 Å². The minimum absolute atomic E-state index is 0.0420. The normalized spacial score (nSPS) is 20.2. The van der Waals surface area contributed by atoms with Gasteiger partial charge in [-0.25, -0.2) is 4.39 Å². The molecule has 1 aliphatic heterocycles. The standard InChI is InChI=1S/C21H26FN3O3/c1-24(14-16-3-5-18(22)6-4-16)15-21(28)7-2-9-25(10-8-21)20(27)17-11-19(26)13-23-12-17/h3-6,11-13,26,28H,2,7-10,14-15H2,1H3. The fourth-order valence-electron chi connectivity index (χ4n) is 3.73. The minimum Gasteiger partial charge on any atom is -0.506 e. The number of hydrogen-bond acceptors (Lipinski definition) is 5. The van der Waals surface area contributed by atoms with E-state index in [-0.39, 0.29) is 17.5 Å². The van der Waals surface area contributed by atoms with E-state index in [0.29, 0.717) is 51.0 Å². The summed E-state index contributed by atoms with van der Waals surface area (Å²) >= 11 is 0. The molecule has 1 aliphatic rings. The number of hydrogen-bond donors (Lipinski definition) is 2. The molecule has 3 rings (SSSR count). The largest absolute Gasteiger partial charge is 0.506 e. The Balaban J connectivity index is 1.58. The molecule has 6 nitrogen and oxygen atoms in total. The first kappa shape index (κ1) is 20.2. The number of pyridine rings is 1. The third kappa shape index (κ3) is 5.27. The van der Waals surface area contributed by atoms with Crippen molar-refractivity contribution in [3.8, 4) is 5.75 Å². The van der Waals surface area contributed by atoms with Crippen LogP contribution in [0.1, 0.15) is 35.2 Å². The summed E-state index contributed by atoms with van der Waals surface area (Å²) in [6.45, 7) is 2.08. The Morgan fingerprint density at radius 3 is 2.71 bits per heavy atom. The number of amides is 1. The van der Waals surface area contributed by atoms with Crippen molar-refractivity contribution in [2.75, 3.05) is 26.7 Å². The van der Waals surface area contributed by atoms with Crippen LogP contribution in [0.5, 0.6) is 5.75 Å². The number of likely N-dealkylation sites (N-methyl/N-ethyl adjacent to an activating group) is 1. The quantitative estimate of drug-likeness (QED) is 0.824. The predicted molar refractivity (Wildman–Crippen MR) is 103 cm³/mol. The van der Waals surface area contributed by atoms with Crippen LogP contribution >= 0.6 is 0 Å². The van der Waals surface area contributed by atoms with Gasteiger partial charge in [0.25, 0.3) is 5.91 Å². The van der Waals surface area contributed by atoms with Crippen molar-refractivity contribution < 1.29 is 19.4 Å². The number of aliphatic hydroxyl groups is 1. The average Bonchev–Trinajstić information content (AvgIpc) is 2.84. The molecule has 1 atom stereocenters. The first-order chi connectivity index (χ1) is 13.3. The number of halogens is 1. The van der Waals surface area contributed by atoms with Crippen molar-refractivity contribution in [1.82, 2.24) is 14.8 Å². The third-order valence-corrected chi connectivity index (χ3v) is 5.11. The Labute approximate surface area is 164 Å². The summed E-state index contributed by atoms with van der Waals surface area (Å²) in [5, 5.41) is 20.6. The molecule has 7 heteroatoms. The summed E-state index contributed by atoms with van der Waals surface area (Å²) in [6.07, 6.45) is 4.49. The van der Waals surface area contributed by atoms with Crippen LogP contribution in [0, 0.1) is 5.82 Å². The van der Waals surface area contributed by atoms with Gasteiger partial charge in [-0.3, -0.25) is 14.7 Å². The zero-order valence-corrected chi connectivity index (χ0v) is 16.0. The van der Waals surface area contributed by atoms with Crippen molar-refractivity contribution in [3.63, 3.8) is 0 Å². The molecule has 1 aromatic heterocycles. The maximum absolute atomic E-state index is 13.0. The topological polar surface area (TPSA) is 76.9 Å². The van der Waals surface area contributed by atoms with Gasteiger partial charge in [-0.2, -0.15) is 0 Å². The molecular formula is C21H26FN3O3. The molecule has 1 aromatic carbocycles. The minimum atomic E-state index is -0.888. The van der Waals surface area contributed by atoms with Gasteiger partial charge in [0.15, 0.2) is 0 Å². The first-order valence-corrected chi connectivity index (χ1v) is 9.43. The molecule has 1 saturated heterocycles. The van der Waals surface area contributed by atoms with Crippen LogP contribution in [0.15, 0.2) is 42.7 Å². The number of nitrogens with zero attached hydrogens (tertiary/aromatic N) is 3. The van der Waals surface area contributed by atoms with E-state index in [0.717, 1.165) is 5.56 Å². The zero-order valence-electron chi connectivity index (χ0n) is 16.0. The second kappa shape index (κ2) is 8.67. The average molecular weight is 387 g/mol. The summed E-state index contributed by atoms with van der Waals surface area (Å²) in [7, 11) is 1.92. The Hall–Kier alpha value is -2.51.